The lowest BCUT2D eigenvalue weighted by molar-refractivity contribution is -0.160. The van der Waals surface area contributed by atoms with E-state index in [4.69, 9.17) is 18.9 Å². The fourth-order valence-electron chi connectivity index (χ4n) is 6.14. The summed E-state index contributed by atoms with van der Waals surface area (Å²) in [4.78, 5) is 28.4. The van der Waals surface area contributed by atoms with Gasteiger partial charge in [-0.3, -0.25) is 4.79 Å². The number of aliphatic carboxylic acids is 1. The van der Waals surface area contributed by atoms with E-state index < -0.39 is 23.5 Å². The summed E-state index contributed by atoms with van der Waals surface area (Å²) < 4.78 is 38.2. The highest BCUT2D eigenvalue weighted by Gasteiger charge is 2.37. The second-order valence-electron chi connectivity index (χ2n) is 12.0. The molecule has 0 radical (unpaired) electrons. The van der Waals surface area contributed by atoms with Gasteiger partial charge in [-0.25, -0.2) is 9.18 Å². The van der Waals surface area contributed by atoms with E-state index in [2.05, 4.69) is 0 Å². The minimum absolute atomic E-state index is 0.253. The van der Waals surface area contributed by atoms with Gasteiger partial charge >= 0.3 is 5.97 Å². The predicted octanol–water partition coefficient (Wildman–Crippen LogP) is 6.60. The Labute approximate surface area is 251 Å². The highest BCUT2D eigenvalue weighted by Crippen LogP contribution is 2.48. The number of halogens is 1. The van der Waals surface area contributed by atoms with Crippen LogP contribution < -0.4 is 19.1 Å². The minimum Gasteiger partial charge on any atom is -0.497 e. The third-order valence-electron chi connectivity index (χ3n) is 8.04. The van der Waals surface area contributed by atoms with Crippen LogP contribution in [0.5, 0.6) is 17.2 Å². The smallest absolute Gasteiger partial charge is 0.337 e. The zero-order valence-corrected chi connectivity index (χ0v) is 25.7. The van der Waals surface area contributed by atoms with Gasteiger partial charge in [0.2, 0.25) is 0 Å². The number of carbonyl (C=O) groups is 2. The molecule has 0 aliphatic carbocycles. The van der Waals surface area contributed by atoms with Gasteiger partial charge in [-0.2, -0.15) is 0 Å². The second kappa shape index (κ2) is 11.5. The van der Waals surface area contributed by atoms with Gasteiger partial charge in [0.05, 0.1) is 26.4 Å². The molecule has 2 heterocycles. The van der Waals surface area contributed by atoms with Crippen LogP contribution in [0.4, 0.5) is 10.1 Å². The monoisotopic (exact) mass is 591 g/mol. The quantitative estimate of drug-likeness (QED) is 0.331. The van der Waals surface area contributed by atoms with Crippen molar-refractivity contribution in [1.82, 2.24) is 0 Å². The maximum atomic E-state index is 15.6. The van der Waals surface area contributed by atoms with Crippen LogP contribution in [0.15, 0.2) is 30.3 Å². The van der Waals surface area contributed by atoms with Gasteiger partial charge in [0, 0.05) is 35.0 Å². The normalized spacial score (nSPS) is 14.9. The predicted molar refractivity (Wildman–Crippen MR) is 161 cm³/mol. The van der Waals surface area contributed by atoms with Gasteiger partial charge < -0.3 is 29.0 Å². The van der Waals surface area contributed by atoms with E-state index >= 15 is 4.39 Å². The first-order chi connectivity index (χ1) is 20.3. The summed E-state index contributed by atoms with van der Waals surface area (Å²) in [5.41, 5.74) is 4.90. The molecule has 8 nitrogen and oxygen atoms in total. The molecule has 1 N–H and O–H groups in total. The summed E-state index contributed by atoms with van der Waals surface area (Å²) in [7, 11) is 3.05. The zero-order chi connectivity index (χ0) is 31.2. The molecule has 3 aromatic carbocycles. The summed E-state index contributed by atoms with van der Waals surface area (Å²) in [6.07, 6.45) is 0.536. The van der Waals surface area contributed by atoms with Crippen molar-refractivity contribution >= 4 is 17.6 Å². The largest absolute Gasteiger partial charge is 0.497 e. The van der Waals surface area contributed by atoms with Crippen molar-refractivity contribution in [3.05, 3.63) is 69.5 Å². The third-order valence-corrected chi connectivity index (χ3v) is 8.04. The van der Waals surface area contributed by atoms with Gasteiger partial charge in [0.25, 0.3) is 5.91 Å². The first-order valence-electron chi connectivity index (χ1n) is 14.4. The molecular formula is C34H38FNO7. The van der Waals surface area contributed by atoms with Crippen molar-refractivity contribution in [3.8, 4) is 28.4 Å². The molecule has 0 saturated heterocycles. The van der Waals surface area contributed by atoms with Crippen molar-refractivity contribution in [2.24, 2.45) is 0 Å². The SMILES string of the molecule is COc1cc(OC)cc(C(=O)N2CCc3c2cc(C)c([C@H](OC(C)(C)C)C(=O)O)c3-c2cc(F)c3c(c2C)CCCO3)c1. The van der Waals surface area contributed by atoms with Gasteiger partial charge in [0.1, 0.15) is 11.5 Å². The molecule has 0 bridgehead atoms. The number of amides is 1. The Morgan fingerprint density at radius 2 is 1.67 bits per heavy atom. The number of methoxy groups -OCH3 is 2. The molecule has 43 heavy (non-hydrogen) atoms. The maximum absolute atomic E-state index is 15.6. The molecule has 2 aliphatic rings. The van der Waals surface area contributed by atoms with Crippen molar-refractivity contribution < 1.29 is 38.0 Å². The van der Waals surface area contributed by atoms with Crippen molar-refractivity contribution in [2.45, 2.75) is 65.6 Å². The second-order valence-corrected chi connectivity index (χ2v) is 12.0. The molecule has 228 valence electrons. The van der Waals surface area contributed by atoms with E-state index in [1.807, 2.05) is 19.9 Å². The highest BCUT2D eigenvalue weighted by molar-refractivity contribution is 6.09. The first kappa shape index (κ1) is 30.4. The van der Waals surface area contributed by atoms with E-state index in [1.165, 1.54) is 20.3 Å². The van der Waals surface area contributed by atoms with Crippen molar-refractivity contribution in [3.63, 3.8) is 0 Å². The Morgan fingerprint density at radius 1 is 1.00 bits per heavy atom. The molecule has 0 spiro atoms. The lowest BCUT2D eigenvalue weighted by Gasteiger charge is -2.30. The summed E-state index contributed by atoms with van der Waals surface area (Å²) in [6.45, 7) is 9.93. The van der Waals surface area contributed by atoms with Crippen molar-refractivity contribution in [1.29, 1.82) is 0 Å². The number of ether oxygens (including phenoxy) is 4. The van der Waals surface area contributed by atoms with Gasteiger partial charge in [-0.15, -0.1) is 0 Å². The Kier molecular flexibility index (Phi) is 8.13. The Balaban J connectivity index is 1.76. The molecule has 0 aromatic heterocycles. The van der Waals surface area contributed by atoms with Crippen LogP contribution in [0.1, 0.15) is 71.5 Å². The van der Waals surface area contributed by atoms with Gasteiger partial charge in [-0.1, -0.05) is 0 Å². The van der Waals surface area contributed by atoms with Crippen LogP contribution in [0.2, 0.25) is 0 Å². The Hall–Kier alpha value is -4.11. The molecule has 5 rings (SSSR count). The minimum atomic E-state index is -1.32. The Morgan fingerprint density at radius 3 is 2.28 bits per heavy atom. The van der Waals surface area contributed by atoms with E-state index in [-0.39, 0.29) is 11.7 Å². The molecule has 9 heteroatoms. The topological polar surface area (TPSA) is 94.5 Å². The van der Waals surface area contributed by atoms with Crippen LogP contribution in [0, 0.1) is 19.7 Å². The number of benzene rings is 3. The molecular weight excluding hydrogens is 553 g/mol. The molecule has 1 atom stereocenters. The van der Waals surface area contributed by atoms with Crippen LogP contribution >= 0.6 is 0 Å². The number of anilines is 1. The molecule has 3 aromatic rings. The maximum Gasteiger partial charge on any atom is 0.337 e. The first-order valence-corrected chi connectivity index (χ1v) is 14.4. The fourth-order valence-corrected chi connectivity index (χ4v) is 6.14. The third kappa shape index (κ3) is 5.66. The number of rotatable bonds is 7. The van der Waals surface area contributed by atoms with E-state index in [1.54, 1.807) is 43.9 Å². The molecule has 2 aliphatic heterocycles. The number of carboxylic acids is 1. The number of carbonyl (C=O) groups excluding carboxylic acids is 1. The van der Waals surface area contributed by atoms with Crippen LogP contribution in [0.25, 0.3) is 11.1 Å². The lowest BCUT2D eigenvalue weighted by atomic mass is 9.83. The Bertz CT molecular complexity index is 1590. The van der Waals surface area contributed by atoms with Gasteiger partial charge in [0.15, 0.2) is 17.7 Å². The number of fused-ring (bicyclic) bond motifs is 2. The highest BCUT2D eigenvalue weighted by atomic mass is 19.1. The molecule has 1 amide bonds. The molecule has 0 fully saturated rings. The van der Waals surface area contributed by atoms with Crippen LogP contribution in [-0.2, 0) is 22.4 Å². The summed E-state index contributed by atoms with van der Waals surface area (Å²) >= 11 is 0. The summed E-state index contributed by atoms with van der Waals surface area (Å²) in [6, 6.07) is 8.29. The summed E-state index contributed by atoms with van der Waals surface area (Å²) in [5, 5.41) is 10.4. The van der Waals surface area contributed by atoms with Crippen LogP contribution in [-0.4, -0.2) is 50.0 Å². The zero-order valence-electron chi connectivity index (χ0n) is 25.7. The van der Waals surface area contributed by atoms with Crippen LogP contribution in [0.3, 0.4) is 0 Å². The average Bonchev–Trinajstić information content (AvgIpc) is 3.39. The fraction of sp³-hybridized carbons (Fsp3) is 0.412. The van der Waals surface area contributed by atoms with E-state index in [0.29, 0.717) is 71.0 Å². The standard InChI is InChI=1S/C34H38FNO7/c1-18-13-27-24(10-11-36(27)32(37)20-14-21(40-6)16-22(15-20)41-7)29(28(18)31(33(38)39)43-34(3,4)5)25-17-26(35)30-23(19(25)2)9-8-12-42-30/h13-17,31H,8-12H2,1-7H3,(H,38,39)/t31-/m0/s1. The van der Waals surface area contributed by atoms with Gasteiger partial charge in [-0.05, 0) is 106 Å². The van der Waals surface area contributed by atoms with E-state index in [9.17, 15) is 14.7 Å². The average molecular weight is 592 g/mol. The number of aryl methyl sites for hydroxylation is 1. The number of nitrogens with zero attached hydrogens (tertiary/aromatic N) is 1. The van der Waals surface area contributed by atoms with Crippen molar-refractivity contribution in [2.75, 3.05) is 32.3 Å². The summed E-state index contributed by atoms with van der Waals surface area (Å²) in [5.74, 6) is -0.664. The molecule has 0 unspecified atom stereocenters. The number of hydrogen-bond acceptors (Lipinski definition) is 6. The number of carboxylic acid groups (broad SMARTS) is 1. The lowest BCUT2D eigenvalue weighted by Crippen LogP contribution is -2.30. The molecule has 0 saturated carbocycles. The number of hydrogen-bond donors (Lipinski definition) is 1. The van der Waals surface area contributed by atoms with E-state index in [0.717, 1.165) is 23.1 Å².